The highest BCUT2D eigenvalue weighted by Crippen LogP contribution is 2.31. The van der Waals surface area contributed by atoms with Gasteiger partial charge in [-0.15, -0.1) is 0 Å². The molecular weight excluding hydrogens is 302 g/mol. The number of nitrogens with zero attached hydrogens (tertiary/aromatic N) is 1. The van der Waals surface area contributed by atoms with Crippen molar-refractivity contribution in [3.8, 4) is 11.1 Å². The molecule has 4 rings (SSSR count). The summed E-state index contributed by atoms with van der Waals surface area (Å²) in [7, 11) is 0. The van der Waals surface area contributed by atoms with Crippen molar-refractivity contribution in [3.63, 3.8) is 0 Å². The van der Waals surface area contributed by atoms with Gasteiger partial charge in [0.1, 0.15) is 6.26 Å². The molecular formula is C15H17N3O3S. The molecule has 0 aromatic carbocycles. The van der Waals surface area contributed by atoms with Crippen LogP contribution in [0.5, 0.6) is 11.1 Å². The Hall–Kier alpha value is -1.86. The van der Waals surface area contributed by atoms with Crippen molar-refractivity contribution in [3.05, 3.63) is 29.0 Å². The number of carbonyl (C=O) groups excluding carboxylic acids is 1. The molecule has 1 amide bonds. The lowest BCUT2D eigenvalue weighted by Crippen LogP contribution is -2.42. The number of fused-ring (bicyclic) bond motifs is 2. The predicted molar refractivity (Wildman–Crippen MR) is 81.4 cm³/mol. The lowest BCUT2D eigenvalue weighted by atomic mass is 9.95. The van der Waals surface area contributed by atoms with Gasteiger partial charge in [0.2, 0.25) is 0 Å². The maximum Gasteiger partial charge on any atom is 0.400 e. The normalized spacial score (nSPS) is 26.3. The average Bonchev–Trinajstić information content (AvgIpc) is 3.24. The predicted octanol–water partition coefficient (Wildman–Crippen LogP) is 2.46. The molecule has 3 atom stereocenters. The molecule has 0 aliphatic carbocycles. The minimum Gasteiger partial charge on any atom is -0.417 e. The summed E-state index contributed by atoms with van der Waals surface area (Å²) in [4.78, 5) is 17.0. The lowest BCUT2D eigenvalue weighted by Gasteiger charge is -2.20. The second-order valence-corrected chi connectivity index (χ2v) is 6.88. The highest BCUT2D eigenvalue weighted by molar-refractivity contribution is 7.15. The molecule has 2 bridgehead atoms. The first kappa shape index (κ1) is 13.8. The van der Waals surface area contributed by atoms with Gasteiger partial charge in [0.25, 0.3) is 5.91 Å². The molecule has 7 heteroatoms. The van der Waals surface area contributed by atoms with Crippen molar-refractivity contribution in [1.82, 2.24) is 15.6 Å². The molecule has 2 fully saturated rings. The van der Waals surface area contributed by atoms with E-state index in [1.165, 1.54) is 24.0 Å². The highest BCUT2D eigenvalue weighted by Gasteiger charge is 2.39. The van der Waals surface area contributed by atoms with Gasteiger partial charge in [-0.3, -0.25) is 4.79 Å². The van der Waals surface area contributed by atoms with Crippen LogP contribution in [-0.2, 0) is 0 Å². The molecule has 2 aliphatic heterocycles. The highest BCUT2D eigenvalue weighted by atomic mass is 32.1. The maximum atomic E-state index is 12.3. The zero-order valence-corrected chi connectivity index (χ0v) is 13.0. The number of thiophene rings is 1. The molecule has 3 unspecified atom stereocenters. The molecule has 0 spiro atoms. The fourth-order valence-electron chi connectivity index (χ4n) is 3.19. The summed E-state index contributed by atoms with van der Waals surface area (Å²) in [6.07, 6.45) is 5.13. The first-order valence-corrected chi connectivity index (χ1v) is 8.26. The number of carbonyl (C=O) groups is 1. The van der Waals surface area contributed by atoms with Gasteiger partial charge in [-0.1, -0.05) is 11.3 Å². The number of hydrogen-bond donors (Lipinski definition) is 2. The maximum absolute atomic E-state index is 12.3. The van der Waals surface area contributed by atoms with Crippen LogP contribution in [0, 0.1) is 6.92 Å². The molecule has 2 N–H and O–H groups in total. The molecule has 6 nitrogen and oxygen atoms in total. The molecule has 0 saturated carbocycles. The van der Waals surface area contributed by atoms with E-state index in [0.717, 1.165) is 18.5 Å². The monoisotopic (exact) mass is 319 g/mol. The van der Waals surface area contributed by atoms with Crippen molar-refractivity contribution in [2.24, 2.45) is 0 Å². The fraction of sp³-hybridized carbons (Fsp3) is 0.467. The number of hydrogen-bond acceptors (Lipinski definition) is 6. The van der Waals surface area contributed by atoms with Crippen LogP contribution < -0.4 is 15.4 Å². The van der Waals surface area contributed by atoms with Crippen LogP contribution in [-0.4, -0.2) is 29.0 Å². The number of nitrogens with one attached hydrogen (secondary N) is 2. The summed E-state index contributed by atoms with van der Waals surface area (Å²) in [6, 6.07) is 4.78. The van der Waals surface area contributed by atoms with Crippen LogP contribution in [0.25, 0.3) is 0 Å². The number of amides is 1. The summed E-state index contributed by atoms with van der Waals surface area (Å²) in [6.45, 7) is 1.83. The molecule has 4 heterocycles. The van der Waals surface area contributed by atoms with Crippen LogP contribution >= 0.6 is 11.3 Å². The summed E-state index contributed by atoms with van der Waals surface area (Å²) in [5, 5.41) is 7.24. The molecule has 0 radical (unpaired) electrons. The van der Waals surface area contributed by atoms with Gasteiger partial charge >= 0.3 is 6.08 Å². The Kier molecular flexibility index (Phi) is 3.38. The van der Waals surface area contributed by atoms with Crippen LogP contribution in [0.4, 0.5) is 0 Å². The minimum absolute atomic E-state index is 0.0391. The van der Waals surface area contributed by atoms with Gasteiger partial charge in [0, 0.05) is 18.1 Å². The third-order valence-corrected chi connectivity index (χ3v) is 5.17. The number of ether oxygens (including phenoxy) is 1. The van der Waals surface area contributed by atoms with E-state index < -0.39 is 0 Å². The van der Waals surface area contributed by atoms with Gasteiger partial charge in [-0.25, -0.2) is 0 Å². The number of aromatic nitrogens is 1. The fourth-order valence-corrected chi connectivity index (χ4v) is 3.94. The van der Waals surface area contributed by atoms with Gasteiger partial charge in [0.15, 0.2) is 5.06 Å². The van der Waals surface area contributed by atoms with Gasteiger partial charge in [0.05, 0.1) is 10.6 Å². The van der Waals surface area contributed by atoms with Crippen LogP contribution in [0.15, 0.2) is 22.8 Å². The Bertz CT molecular complexity index is 696. The molecule has 2 aromatic heterocycles. The third kappa shape index (κ3) is 2.62. The summed E-state index contributed by atoms with van der Waals surface area (Å²) in [5.74, 6) is -0.0391. The first-order valence-electron chi connectivity index (χ1n) is 7.44. The van der Waals surface area contributed by atoms with Crippen LogP contribution in [0.1, 0.15) is 34.6 Å². The van der Waals surface area contributed by atoms with E-state index in [2.05, 4.69) is 15.6 Å². The van der Waals surface area contributed by atoms with E-state index in [0.29, 0.717) is 22.0 Å². The average molecular weight is 319 g/mol. The number of oxazole rings is 1. The number of aryl methyl sites for hydroxylation is 1. The van der Waals surface area contributed by atoms with Crippen molar-refractivity contribution in [1.29, 1.82) is 0 Å². The Labute approximate surface area is 131 Å². The molecule has 2 saturated heterocycles. The van der Waals surface area contributed by atoms with Crippen LogP contribution in [0.2, 0.25) is 0 Å². The van der Waals surface area contributed by atoms with Gasteiger partial charge in [-0.05, 0) is 38.3 Å². The van der Waals surface area contributed by atoms with Crippen molar-refractivity contribution in [2.75, 3.05) is 0 Å². The Balaban J connectivity index is 1.39. The third-order valence-electron chi connectivity index (χ3n) is 4.21. The van der Waals surface area contributed by atoms with Crippen LogP contribution in [0.3, 0.4) is 0 Å². The van der Waals surface area contributed by atoms with Gasteiger partial charge < -0.3 is 19.8 Å². The van der Waals surface area contributed by atoms with E-state index >= 15 is 0 Å². The second kappa shape index (κ2) is 5.40. The van der Waals surface area contributed by atoms with E-state index in [1.54, 1.807) is 12.1 Å². The molecule has 2 aliphatic rings. The zero-order valence-electron chi connectivity index (χ0n) is 12.2. The van der Waals surface area contributed by atoms with Gasteiger partial charge in [-0.2, -0.15) is 4.98 Å². The topological polar surface area (TPSA) is 76.4 Å². The SMILES string of the molecule is Cc1coc(Oc2ccc(C(=O)NC3CC4CCC3N4)s2)n1. The smallest absolute Gasteiger partial charge is 0.400 e. The van der Waals surface area contributed by atoms with Crippen molar-refractivity contribution >= 4 is 17.2 Å². The zero-order chi connectivity index (χ0) is 15.1. The Morgan fingerprint density at radius 1 is 1.50 bits per heavy atom. The van der Waals surface area contributed by atoms with E-state index in [1.807, 2.05) is 6.92 Å². The molecule has 116 valence electrons. The number of rotatable bonds is 4. The summed E-state index contributed by atoms with van der Waals surface area (Å²) < 4.78 is 10.6. The molecule has 2 aromatic rings. The summed E-state index contributed by atoms with van der Waals surface area (Å²) >= 11 is 1.29. The second-order valence-electron chi connectivity index (χ2n) is 5.84. The van der Waals surface area contributed by atoms with E-state index in [-0.39, 0.29) is 18.0 Å². The Morgan fingerprint density at radius 2 is 2.41 bits per heavy atom. The summed E-state index contributed by atoms with van der Waals surface area (Å²) in [5.41, 5.74) is 0.758. The lowest BCUT2D eigenvalue weighted by molar-refractivity contribution is 0.0935. The van der Waals surface area contributed by atoms with E-state index in [4.69, 9.17) is 9.15 Å². The molecule has 22 heavy (non-hydrogen) atoms. The minimum atomic E-state index is -0.0391. The standard InChI is InChI=1S/C15H17N3O3S/c1-8-7-20-15(16-8)21-13-5-4-12(22-13)14(19)18-11-6-9-2-3-10(11)17-9/h4-5,7,9-11,17H,2-3,6H2,1H3,(H,18,19). The Morgan fingerprint density at radius 3 is 3.09 bits per heavy atom. The quantitative estimate of drug-likeness (QED) is 0.905. The first-order chi connectivity index (χ1) is 10.7. The van der Waals surface area contributed by atoms with E-state index in [9.17, 15) is 4.79 Å². The van der Waals surface area contributed by atoms with Crippen molar-refractivity contribution < 1.29 is 13.9 Å². The van der Waals surface area contributed by atoms with Crippen molar-refractivity contribution in [2.45, 2.75) is 44.3 Å². The largest absolute Gasteiger partial charge is 0.417 e.